The summed E-state index contributed by atoms with van der Waals surface area (Å²) in [6, 6.07) is 0. The van der Waals surface area contributed by atoms with E-state index in [1.165, 1.54) is 6.08 Å². The van der Waals surface area contributed by atoms with Crippen molar-refractivity contribution in [3.8, 4) is 0 Å². The zero-order valence-corrected chi connectivity index (χ0v) is 6.00. The van der Waals surface area contributed by atoms with Gasteiger partial charge in [-0.15, -0.1) is 0 Å². The summed E-state index contributed by atoms with van der Waals surface area (Å²) in [6.45, 7) is 1.66. The van der Waals surface area contributed by atoms with E-state index < -0.39 is 17.3 Å². The largest absolute Gasteiger partial charge is 0.750 e. The Balaban J connectivity index is 0. The van der Waals surface area contributed by atoms with Gasteiger partial charge in [0.15, 0.2) is 0 Å². The molecule has 0 aromatic rings. The number of hydrogen-bond acceptors (Lipinski definition) is 3. The Kier molecular flexibility index (Phi) is 9.94. The van der Waals surface area contributed by atoms with Crippen molar-refractivity contribution in [1.29, 1.82) is 0 Å². The van der Waals surface area contributed by atoms with Gasteiger partial charge in [-0.3, -0.25) is 0 Å². The van der Waals surface area contributed by atoms with Crippen molar-refractivity contribution in [3.05, 3.63) is 12.2 Å². The second-order valence-corrected chi connectivity index (χ2v) is 1.49. The normalized spacial score (nSPS) is 11.9. The highest BCUT2D eigenvalue weighted by Gasteiger charge is 1.76. The van der Waals surface area contributed by atoms with Gasteiger partial charge in [-0.2, -0.15) is 0 Å². The molecule has 2 N–H and O–H groups in total. The van der Waals surface area contributed by atoms with Crippen molar-refractivity contribution in [2.45, 2.75) is 6.92 Å². The van der Waals surface area contributed by atoms with Crippen LogP contribution in [-0.4, -0.2) is 24.4 Å². The average Bonchev–Trinajstić information content (AvgIpc) is 1.62. The Bertz CT molecular complexity index is 137. The highest BCUT2D eigenvalue weighted by Crippen LogP contribution is 1.65. The van der Waals surface area contributed by atoms with E-state index >= 15 is 0 Å². The highest BCUT2D eigenvalue weighted by atomic mass is 32.2. The van der Waals surface area contributed by atoms with Gasteiger partial charge in [0.05, 0.1) is 11.4 Å². The molecule has 1 unspecified atom stereocenters. The summed E-state index contributed by atoms with van der Waals surface area (Å²) in [5.41, 5.74) is 0. The molecule has 0 amide bonds. The van der Waals surface area contributed by atoms with Gasteiger partial charge in [0.2, 0.25) is 0 Å². The summed E-state index contributed by atoms with van der Waals surface area (Å²) in [7, 11) is 0. The lowest BCUT2D eigenvalue weighted by molar-refractivity contribution is -0.131. The van der Waals surface area contributed by atoms with Crippen LogP contribution in [0.25, 0.3) is 0 Å². The van der Waals surface area contributed by atoms with Crippen molar-refractivity contribution in [2.24, 2.45) is 0 Å². The Hall–Kier alpha value is -0.720. The van der Waals surface area contributed by atoms with Crippen LogP contribution < -0.4 is 0 Å². The van der Waals surface area contributed by atoms with Gasteiger partial charge in [0, 0.05) is 6.08 Å². The molecule has 0 fully saturated rings. The van der Waals surface area contributed by atoms with Gasteiger partial charge >= 0.3 is 5.97 Å². The maximum Gasteiger partial charge on any atom is 0.327 e. The standard InChI is InChI=1S/C4H6O2.H2O3S/c1-2-3-4(5)6;1-4(2)3/h2-3H,1H3,(H,5,6);(H2,1,2,3)/p-1. The van der Waals surface area contributed by atoms with Crippen LogP contribution in [0.5, 0.6) is 0 Å². The van der Waals surface area contributed by atoms with Crippen molar-refractivity contribution < 1.29 is 23.2 Å². The molecule has 0 aromatic heterocycles. The first-order chi connectivity index (χ1) is 4.50. The van der Waals surface area contributed by atoms with Crippen LogP contribution in [0, 0.1) is 0 Å². The zero-order chi connectivity index (χ0) is 8.57. The second-order valence-electron chi connectivity index (χ2n) is 1.06. The monoisotopic (exact) mass is 167 g/mol. The molecule has 60 valence electrons. The van der Waals surface area contributed by atoms with E-state index in [0.29, 0.717) is 0 Å². The number of hydrogen-bond donors (Lipinski definition) is 2. The molecule has 0 aliphatic rings. The molecular weight excluding hydrogens is 160 g/mol. The van der Waals surface area contributed by atoms with Gasteiger partial charge in [0.25, 0.3) is 0 Å². The number of carbonyl (C=O) groups is 1. The number of aliphatic carboxylic acids is 1. The summed E-state index contributed by atoms with van der Waals surface area (Å²) in [6.07, 6.45) is 2.56. The molecular formula is C4H7O5S-. The SMILES string of the molecule is CC=CC(=O)O.O=S([O-])O. The van der Waals surface area contributed by atoms with Gasteiger partial charge in [0.1, 0.15) is 0 Å². The average molecular weight is 167 g/mol. The van der Waals surface area contributed by atoms with E-state index in [-0.39, 0.29) is 0 Å². The molecule has 0 radical (unpaired) electrons. The lowest BCUT2D eigenvalue weighted by Gasteiger charge is -1.83. The highest BCUT2D eigenvalue weighted by molar-refractivity contribution is 7.73. The van der Waals surface area contributed by atoms with E-state index in [2.05, 4.69) is 0 Å². The van der Waals surface area contributed by atoms with Gasteiger partial charge < -0.3 is 14.2 Å². The molecule has 0 aromatic carbocycles. The Morgan fingerprint density at radius 1 is 1.70 bits per heavy atom. The minimum atomic E-state index is -2.86. The lowest BCUT2D eigenvalue weighted by Crippen LogP contribution is -1.83. The number of rotatable bonds is 1. The van der Waals surface area contributed by atoms with E-state index in [1.807, 2.05) is 0 Å². The molecule has 0 spiro atoms. The Morgan fingerprint density at radius 2 is 2.00 bits per heavy atom. The maximum atomic E-state index is 9.51. The molecule has 0 aliphatic carbocycles. The molecule has 0 rings (SSSR count). The summed E-state index contributed by atoms with van der Waals surface area (Å²) in [5, 5.41) is 7.83. The van der Waals surface area contributed by atoms with Gasteiger partial charge in [-0.05, 0) is 6.92 Å². The molecule has 0 saturated carbocycles. The Labute approximate surface area is 60.5 Å². The molecule has 0 heterocycles. The maximum absolute atomic E-state index is 9.51. The van der Waals surface area contributed by atoms with Crippen LogP contribution in [-0.2, 0) is 16.2 Å². The van der Waals surface area contributed by atoms with Crippen molar-refractivity contribution in [3.63, 3.8) is 0 Å². The van der Waals surface area contributed by atoms with Crippen LogP contribution in [0.3, 0.4) is 0 Å². The van der Waals surface area contributed by atoms with Crippen LogP contribution >= 0.6 is 0 Å². The fourth-order valence-electron chi connectivity index (χ4n) is 0.143. The van der Waals surface area contributed by atoms with E-state index in [4.69, 9.17) is 18.4 Å². The van der Waals surface area contributed by atoms with Crippen LogP contribution in [0.2, 0.25) is 0 Å². The van der Waals surface area contributed by atoms with Crippen LogP contribution in [0.4, 0.5) is 0 Å². The first-order valence-corrected chi connectivity index (χ1v) is 3.17. The summed E-state index contributed by atoms with van der Waals surface area (Å²) in [5.74, 6) is -0.891. The van der Waals surface area contributed by atoms with E-state index in [9.17, 15) is 4.79 Å². The zero-order valence-electron chi connectivity index (χ0n) is 5.18. The number of allylic oxidation sites excluding steroid dienone is 1. The summed E-state index contributed by atoms with van der Waals surface area (Å²) in [4.78, 5) is 9.51. The number of carboxylic acids is 1. The third kappa shape index (κ3) is 55.2. The third-order valence-electron chi connectivity index (χ3n) is 0.309. The molecule has 1 atom stereocenters. The molecule has 6 heteroatoms. The second kappa shape index (κ2) is 8.28. The number of carboxylic acid groups (broad SMARTS) is 1. The molecule has 0 bridgehead atoms. The minimum Gasteiger partial charge on any atom is -0.750 e. The van der Waals surface area contributed by atoms with Crippen LogP contribution in [0.1, 0.15) is 6.92 Å². The molecule has 0 aliphatic heterocycles. The van der Waals surface area contributed by atoms with Gasteiger partial charge in [-0.1, -0.05) is 6.08 Å². The topological polar surface area (TPSA) is 97.7 Å². The predicted molar refractivity (Wildman–Crippen MR) is 34.0 cm³/mol. The molecule has 10 heavy (non-hydrogen) atoms. The first-order valence-electron chi connectivity index (χ1n) is 2.14. The first kappa shape index (κ1) is 12.0. The summed E-state index contributed by atoms with van der Waals surface area (Å²) < 4.78 is 24.1. The smallest absolute Gasteiger partial charge is 0.327 e. The van der Waals surface area contributed by atoms with E-state index in [1.54, 1.807) is 6.92 Å². The third-order valence-corrected chi connectivity index (χ3v) is 0.309. The predicted octanol–water partition coefficient (Wildman–Crippen LogP) is -0.0144. The van der Waals surface area contributed by atoms with E-state index in [0.717, 1.165) is 6.08 Å². The fourth-order valence-corrected chi connectivity index (χ4v) is 0.143. The minimum absolute atomic E-state index is 0.891. The summed E-state index contributed by atoms with van der Waals surface area (Å²) >= 11 is -2.86. The van der Waals surface area contributed by atoms with Crippen molar-refractivity contribution >= 4 is 17.3 Å². The quantitative estimate of drug-likeness (QED) is 0.422. The van der Waals surface area contributed by atoms with Gasteiger partial charge in [-0.25, -0.2) is 9.00 Å². The lowest BCUT2D eigenvalue weighted by atomic mass is 10.5. The van der Waals surface area contributed by atoms with Crippen molar-refractivity contribution in [2.75, 3.05) is 0 Å². The molecule has 0 saturated heterocycles. The fraction of sp³-hybridized carbons (Fsp3) is 0.250. The molecule has 5 nitrogen and oxygen atoms in total. The van der Waals surface area contributed by atoms with Crippen LogP contribution in [0.15, 0.2) is 12.2 Å². The van der Waals surface area contributed by atoms with Crippen molar-refractivity contribution in [1.82, 2.24) is 0 Å². The Morgan fingerprint density at radius 3 is 2.00 bits per heavy atom.